The summed E-state index contributed by atoms with van der Waals surface area (Å²) in [7, 11) is 0. The summed E-state index contributed by atoms with van der Waals surface area (Å²) >= 11 is 0. The first-order chi connectivity index (χ1) is 9.75. The molecule has 2 N–H and O–H groups in total. The van der Waals surface area contributed by atoms with Gasteiger partial charge in [-0.15, -0.1) is 12.4 Å². The number of carbonyl (C=O) groups excluding carboxylic acids is 1. The maximum Gasteiger partial charge on any atom is 0.223 e. The molecule has 2 atom stereocenters. The lowest BCUT2D eigenvalue weighted by molar-refractivity contribution is -0.124. The molecule has 4 nitrogen and oxygen atoms in total. The largest absolute Gasteiger partial charge is 0.381 e. The molecular formula is C16H29ClN2O2. The minimum Gasteiger partial charge on any atom is -0.381 e. The smallest absolute Gasteiger partial charge is 0.223 e. The van der Waals surface area contributed by atoms with Crippen LogP contribution in [0.25, 0.3) is 0 Å². The molecule has 0 aromatic carbocycles. The fourth-order valence-electron chi connectivity index (χ4n) is 4.15. The van der Waals surface area contributed by atoms with Crippen molar-refractivity contribution in [1.82, 2.24) is 10.6 Å². The van der Waals surface area contributed by atoms with E-state index in [1.807, 2.05) is 0 Å². The standard InChI is InChI=1S/C16H28N2O2.ClH/c1-2-14(12-3-9-20-10-4-12)18-15(19)13-11-16(13)5-7-17-8-6-16;/h12-14,17H,2-11H2,1H3,(H,18,19);1H. The monoisotopic (exact) mass is 316 g/mol. The van der Waals surface area contributed by atoms with E-state index in [2.05, 4.69) is 17.6 Å². The summed E-state index contributed by atoms with van der Waals surface area (Å²) in [5, 5.41) is 6.75. The molecule has 0 aromatic rings. The van der Waals surface area contributed by atoms with Gasteiger partial charge in [0.15, 0.2) is 0 Å². The lowest BCUT2D eigenvalue weighted by Gasteiger charge is -2.31. The first-order valence-corrected chi connectivity index (χ1v) is 8.34. The van der Waals surface area contributed by atoms with Crippen molar-refractivity contribution >= 4 is 18.3 Å². The van der Waals surface area contributed by atoms with Gasteiger partial charge >= 0.3 is 0 Å². The van der Waals surface area contributed by atoms with Gasteiger partial charge in [-0.1, -0.05) is 6.92 Å². The summed E-state index contributed by atoms with van der Waals surface area (Å²) in [6.45, 7) is 6.07. The summed E-state index contributed by atoms with van der Waals surface area (Å²) in [5.74, 6) is 1.23. The van der Waals surface area contributed by atoms with Crippen LogP contribution in [-0.2, 0) is 9.53 Å². The van der Waals surface area contributed by atoms with Crippen molar-refractivity contribution in [2.45, 2.75) is 51.5 Å². The number of nitrogens with one attached hydrogen (secondary N) is 2. The first kappa shape index (κ1) is 17.0. The quantitative estimate of drug-likeness (QED) is 0.835. The minimum atomic E-state index is 0. The summed E-state index contributed by atoms with van der Waals surface area (Å²) in [6, 6.07) is 0.353. The number of amides is 1. The molecule has 3 rings (SSSR count). The highest BCUT2D eigenvalue weighted by Crippen LogP contribution is 2.58. The molecule has 1 amide bonds. The molecule has 122 valence electrons. The topological polar surface area (TPSA) is 50.4 Å². The summed E-state index contributed by atoms with van der Waals surface area (Å²) in [6.07, 6.45) is 6.71. The second-order valence-electron chi connectivity index (χ2n) is 6.84. The van der Waals surface area contributed by atoms with Gasteiger partial charge in [0.05, 0.1) is 0 Å². The number of carbonyl (C=O) groups is 1. The Kier molecular flexibility index (Phi) is 5.92. The average Bonchev–Trinajstić information content (AvgIpc) is 3.19. The molecule has 5 heteroatoms. The van der Waals surface area contributed by atoms with E-state index in [9.17, 15) is 4.79 Å². The molecule has 2 aliphatic heterocycles. The van der Waals surface area contributed by atoms with Crippen LogP contribution in [0.2, 0.25) is 0 Å². The lowest BCUT2D eigenvalue weighted by Crippen LogP contribution is -2.43. The molecule has 0 aromatic heterocycles. The van der Waals surface area contributed by atoms with E-state index in [1.165, 1.54) is 12.8 Å². The Hall–Kier alpha value is -0.320. The Balaban J connectivity index is 0.00000161. The molecule has 2 heterocycles. The molecule has 2 saturated heterocycles. The van der Waals surface area contributed by atoms with Crippen LogP contribution in [0.5, 0.6) is 0 Å². The van der Waals surface area contributed by atoms with Crippen molar-refractivity contribution in [2.24, 2.45) is 17.3 Å². The molecule has 3 aliphatic rings. The van der Waals surface area contributed by atoms with E-state index in [0.717, 1.165) is 52.0 Å². The minimum absolute atomic E-state index is 0. The van der Waals surface area contributed by atoms with Gasteiger partial charge in [-0.05, 0) is 62.9 Å². The maximum atomic E-state index is 12.5. The third-order valence-corrected chi connectivity index (χ3v) is 5.71. The number of rotatable bonds is 4. The highest BCUT2D eigenvalue weighted by molar-refractivity contribution is 5.85. The van der Waals surface area contributed by atoms with Crippen LogP contribution >= 0.6 is 12.4 Å². The zero-order chi connectivity index (χ0) is 14.0. The molecule has 1 spiro atoms. The predicted octanol–water partition coefficient (Wildman–Crippen LogP) is 2.12. The van der Waals surface area contributed by atoms with E-state index in [-0.39, 0.29) is 12.4 Å². The van der Waals surface area contributed by atoms with Crippen LogP contribution in [0, 0.1) is 17.3 Å². The van der Waals surface area contributed by atoms with Crippen molar-refractivity contribution < 1.29 is 9.53 Å². The van der Waals surface area contributed by atoms with Crippen molar-refractivity contribution in [3.05, 3.63) is 0 Å². The van der Waals surface area contributed by atoms with E-state index >= 15 is 0 Å². The van der Waals surface area contributed by atoms with Gasteiger partial charge in [-0.2, -0.15) is 0 Å². The molecule has 1 aliphatic carbocycles. The van der Waals surface area contributed by atoms with Crippen LogP contribution in [-0.4, -0.2) is 38.3 Å². The number of hydrogen-bond acceptors (Lipinski definition) is 3. The third-order valence-electron chi connectivity index (χ3n) is 5.71. The van der Waals surface area contributed by atoms with Crippen LogP contribution in [0.15, 0.2) is 0 Å². The zero-order valence-electron chi connectivity index (χ0n) is 13.0. The Morgan fingerprint density at radius 3 is 2.62 bits per heavy atom. The van der Waals surface area contributed by atoms with E-state index in [0.29, 0.717) is 29.2 Å². The lowest BCUT2D eigenvalue weighted by atomic mass is 9.89. The van der Waals surface area contributed by atoms with Crippen LogP contribution < -0.4 is 10.6 Å². The summed E-state index contributed by atoms with van der Waals surface area (Å²) in [5.41, 5.74) is 0.350. The number of hydrogen-bond donors (Lipinski definition) is 2. The highest BCUT2D eigenvalue weighted by atomic mass is 35.5. The van der Waals surface area contributed by atoms with Gasteiger partial charge in [0.1, 0.15) is 0 Å². The highest BCUT2D eigenvalue weighted by Gasteiger charge is 2.57. The van der Waals surface area contributed by atoms with E-state index < -0.39 is 0 Å². The number of halogens is 1. The third kappa shape index (κ3) is 3.72. The second-order valence-corrected chi connectivity index (χ2v) is 6.84. The zero-order valence-corrected chi connectivity index (χ0v) is 13.8. The normalized spacial score (nSPS) is 29.5. The molecule has 3 fully saturated rings. The molecule has 21 heavy (non-hydrogen) atoms. The molecular weight excluding hydrogens is 288 g/mol. The Morgan fingerprint density at radius 2 is 2.00 bits per heavy atom. The Labute approximate surface area is 134 Å². The Morgan fingerprint density at radius 1 is 1.33 bits per heavy atom. The van der Waals surface area contributed by atoms with Gasteiger partial charge in [0.2, 0.25) is 5.91 Å². The van der Waals surface area contributed by atoms with Gasteiger partial charge in [-0.25, -0.2) is 0 Å². The van der Waals surface area contributed by atoms with Gasteiger partial charge in [0.25, 0.3) is 0 Å². The molecule has 0 bridgehead atoms. The first-order valence-electron chi connectivity index (χ1n) is 8.34. The van der Waals surface area contributed by atoms with Crippen molar-refractivity contribution in [3.8, 4) is 0 Å². The summed E-state index contributed by atoms with van der Waals surface area (Å²) in [4.78, 5) is 12.5. The van der Waals surface area contributed by atoms with Gasteiger partial charge in [-0.3, -0.25) is 4.79 Å². The molecule has 1 saturated carbocycles. The number of ether oxygens (including phenoxy) is 1. The second kappa shape index (κ2) is 7.30. The van der Waals surface area contributed by atoms with Gasteiger partial charge < -0.3 is 15.4 Å². The van der Waals surface area contributed by atoms with Crippen molar-refractivity contribution in [3.63, 3.8) is 0 Å². The molecule has 2 unspecified atom stereocenters. The van der Waals surface area contributed by atoms with Crippen LogP contribution in [0.3, 0.4) is 0 Å². The number of piperidine rings is 1. The van der Waals surface area contributed by atoms with E-state index in [1.54, 1.807) is 0 Å². The maximum absolute atomic E-state index is 12.5. The Bertz CT molecular complexity index is 352. The molecule has 0 radical (unpaired) electrons. The van der Waals surface area contributed by atoms with Crippen LogP contribution in [0.1, 0.15) is 45.4 Å². The van der Waals surface area contributed by atoms with Crippen molar-refractivity contribution in [1.29, 1.82) is 0 Å². The fourth-order valence-corrected chi connectivity index (χ4v) is 4.15. The summed E-state index contributed by atoms with van der Waals surface area (Å²) < 4.78 is 5.43. The van der Waals surface area contributed by atoms with E-state index in [4.69, 9.17) is 4.74 Å². The van der Waals surface area contributed by atoms with Crippen LogP contribution in [0.4, 0.5) is 0 Å². The van der Waals surface area contributed by atoms with Gasteiger partial charge in [0, 0.05) is 25.2 Å². The predicted molar refractivity (Wildman–Crippen MR) is 85.7 cm³/mol. The SMILES string of the molecule is CCC(NC(=O)C1CC12CCNCC2)C1CCOCC1.Cl. The average molecular weight is 317 g/mol. The fraction of sp³-hybridized carbons (Fsp3) is 0.938. The van der Waals surface area contributed by atoms with Crippen molar-refractivity contribution in [2.75, 3.05) is 26.3 Å².